The van der Waals surface area contributed by atoms with Crippen molar-refractivity contribution < 1.29 is 17.5 Å². The molecule has 1 aliphatic heterocycles. The highest BCUT2D eigenvalue weighted by Gasteiger charge is 2.32. The second-order valence-electron chi connectivity index (χ2n) is 4.83. The van der Waals surface area contributed by atoms with Gasteiger partial charge in [0.2, 0.25) is 10.0 Å². The van der Waals surface area contributed by atoms with Gasteiger partial charge in [0.1, 0.15) is 10.7 Å². The van der Waals surface area contributed by atoms with Crippen LogP contribution in [0.3, 0.4) is 0 Å². The Labute approximate surface area is 118 Å². The van der Waals surface area contributed by atoms with Gasteiger partial charge in [0.05, 0.1) is 12.6 Å². The molecule has 1 atom stereocenters. The normalized spacial score (nSPS) is 19.7. The number of benzene rings is 1. The zero-order valence-corrected chi connectivity index (χ0v) is 12.4. The molecule has 0 saturated carbocycles. The summed E-state index contributed by atoms with van der Waals surface area (Å²) >= 11 is 0. The maximum Gasteiger partial charge on any atom is 0.246 e. The van der Waals surface area contributed by atoms with E-state index in [1.54, 1.807) is 13.1 Å². The van der Waals surface area contributed by atoms with Gasteiger partial charge in [-0.2, -0.15) is 4.31 Å². The molecule has 7 heteroatoms. The molecule has 1 aromatic rings. The van der Waals surface area contributed by atoms with Crippen LogP contribution in [0.15, 0.2) is 23.1 Å². The predicted molar refractivity (Wildman–Crippen MR) is 73.3 cm³/mol. The molecule has 0 aliphatic carbocycles. The van der Waals surface area contributed by atoms with E-state index in [0.29, 0.717) is 31.7 Å². The zero-order valence-electron chi connectivity index (χ0n) is 11.6. The van der Waals surface area contributed by atoms with Crippen molar-refractivity contribution in [3.05, 3.63) is 29.6 Å². The van der Waals surface area contributed by atoms with Gasteiger partial charge in [0, 0.05) is 20.2 Å². The van der Waals surface area contributed by atoms with Gasteiger partial charge in [-0.05, 0) is 31.2 Å². The van der Waals surface area contributed by atoms with Crippen LogP contribution in [-0.2, 0) is 21.3 Å². The molecule has 1 fully saturated rings. The minimum absolute atomic E-state index is 0.226. The number of nitrogens with zero attached hydrogens (tertiary/aromatic N) is 1. The lowest BCUT2D eigenvalue weighted by Crippen LogP contribution is -2.37. The Morgan fingerprint density at radius 1 is 1.50 bits per heavy atom. The van der Waals surface area contributed by atoms with Gasteiger partial charge in [-0.3, -0.25) is 0 Å². The Kier molecular flexibility index (Phi) is 4.74. The van der Waals surface area contributed by atoms with Gasteiger partial charge in [-0.15, -0.1) is 0 Å². The number of hydrogen-bond donors (Lipinski definition) is 1. The molecule has 0 spiro atoms. The van der Waals surface area contributed by atoms with Crippen LogP contribution < -0.4 is 5.32 Å². The second-order valence-corrected chi connectivity index (χ2v) is 6.80. The van der Waals surface area contributed by atoms with E-state index in [-0.39, 0.29) is 10.9 Å². The van der Waals surface area contributed by atoms with Crippen LogP contribution in [0.2, 0.25) is 0 Å². The molecule has 2 rings (SSSR count). The third-order valence-electron chi connectivity index (χ3n) is 3.45. The third kappa shape index (κ3) is 3.01. The predicted octanol–water partition coefficient (Wildman–Crippen LogP) is 0.954. The van der Waals surface area contributed by atoms with Crippen LogP contribution in [-0.4, -0.2) is 46.1 Å². The summed E-state index contributed by atoms with van der Waals surface area (Å²) < 4.78 is 45.3. The molecule has 1 heterocycles. The lowest BCUT2D eigenvalue weighted by molar-refractivity contribution is 0.180. The fraction of sp³-hybridized carbons (Fsp3) is 0.538. The fourth-order valence-electron chi connectivity index (χ4n) is 2.23. The Hall–Kier alpha value is -1.02. The van der Waals surface area contributed by atoms with E-state index in [1.807, 2.05) is 0 Å². The summed E-state index contributed by atoms with van der Waals surface area (Å²) in [5.41, 5.74) is 0.704. The van der Waals surface area contributed by atoms with Gasteiger partial charge in [0.25, 0.3) is 0 Å². The van der Waals surface area contributed by atoms with E-state index in [9.17, 15) is 12.8 Å². The largest absolute Gasteiger partial charge is 0.380 e. The summed E-state index contributed by atoms with van der Waals surface area (Å²) in [6.07, 6.45) is 0.634. The van der Waals surface area contributed by atoms with Gasteiger partial charge < -0.3 is 10.1 Å². The number of likely N-dealkylation sites (N-methyl/N-ethyl adjacent to an activating group) is 1. The second kappa shape index (κ2) is 6.17. The van der Waals surface area contributed by atoms with Crippen molar-refractivity contribution in [3.8, 4) is 0 Å². The lowest BCUT2D eigenvalue weighted by Gasteiger charge is -2.22. The number of halogens is 1. The van der Waals surface area contributed by atoms with E-state index < -0.39 is 15.8 Å². The minimum Gasteiger partial charge on any atom is -0.380 e. The Bertz CT molecular complexity index is 571. The van der Waals surface area contributed by atoms with Crippen molar-refractivity contribution in [3.63, 3.8) is 0 Å². The highest BCUT2D eigenvalue weighted by molar-refractivity contribution is 7.89. The average molecular weight is 302 g/mol. The Balaban J connectivity index is 2.29. The fourth-order valence-corrected chi connectivity index (χ4v) is 3.64. The molecule has 1 aliphatic rings. The van der Waals surface area contributed by atoms with Gasteiger partial charge >= 0.3 is 0 Å². The van der Waals surface area contributed by atoms with Crippen LogP contribution in [0.5, 0.6) is 0 Å². The van der Waals surface area contributed by atoms with Crippen LogP contribution in [0.1, 0.15) is 12.0 Å². The van der Waals surface area contributed by atoms with Crippen LogP contribution in [0.4, 0.5) is 4.39 Å². The van der Waals surface area contributed by atoms with Crippen LogP contribution >= 0.6 is 0 Å². The topological polar surface area (TPSA) is 58.6 Å². The van der Waals surface area contributed by atoms with Crippen molar-refractivity contribution in [2.24, 2.45) is 0 Å². The molecule has 0 amide bonds. The van der Waals surface area contributed by atoms with Crippen molar-refractivity contribution in [1.29, 1.82) is 0 Å². The van der Waals surface area contributed by atoms with Gasteiger partial charge in [0.15, 0.2) is 0 Å². The third-order valence-corrected chi connectivity index (χ3v) is 5.40. The Morgan fingerprint density at radius 2 is 2.25 bits per heavy atom. The maximum absolute atomic E-state index is 14.1. The van der Waals surface area contributed by atoms with E-state index in [4.69, 9.17) is 4.74 Å². The summed E-state index contributed by atoms with van der Waals surface area (Å²) in [7, 11) is -0.613. The summed E-state index contributed by atoms with van der Waals surface area (Å²) in [5.74, 6) is -0.719. The average Bonchev–Trinajstić information content (AvgIpc) is 2.91. The van der Waals surface area contributed by atoms with Crippen LogP contribution in [0, 0.1) is 5.82 Å². The van der Waals surface area contributed by atoms with Crippen molar-refractivity contribution in [1.82, 2.24) is 9.62 Å². The number of nitrogens with one attached hydrogen (secondary N) is 1. The van der Waals surface area contributed by atoms with E-state index in [2.05, 4.69) is 5.32 Å². The summed E-state index contributed by atoms with van der Waals surface area (Å²) in [4.78, 5) is -0.285. The first-order valence-electron chi connectivity index (χ1n) is 6.45. The molecule has 5 nitrogen and oxygen atoms in total. The van der Waals surface area contributed by atoms with E-state index >= 15 is 0 Å². The molecule has 1 N–H and O–H groups in total. The number of hydrogen-bond acceptors (Lipinski definition) is 4. The molecular weight excluding hydrogens is 283 g/mol. The molecule has 0 aromatic heterocycles. The molecule has 20 heavy (non-hydrogen) atoms. The standard InChI is InChI=1S/C13H19FN2O3S/c1-15-8-10-3-4-13(12(14)7-10)20(17,18)16(2)11-5-6-19-9-11/h3-4,7,11,15H,5-6,8-9H2,1-2H3. The quantitative estimate of drug-likeness (QED) is 0.880. The lowest BCUT2D eigenvalue weighted by atomic mass is 10.2. The Morgan fingerprint density at radius 3 is 2.80 bits per heavy atom. The molecular formula is C13H19FN2O3S. The first kappa shape index (κ1) is 15.4. The molecule has 1 unspecified atom stereocenters. The number of sulfonamides is 1. The van der Waals surface area contributed by atoms with E-state index in [0.717, 1.165) is 0 Å². The SMILES string of the molecule is CNCc1ccc(S(=O)(=O)N(C)C2CCOC2)c(F)c1. The van der Waals surface area contributed by atoms with Gasteiger partial charge in [-0.1, -0.05) is 6.07 Å². The number of ether oxygens (including phenoxy) is 1. The monoisotopic (exact) mass is 302 g/mol. The highest BCUT2D eigenvalue weighted by atomic mass is 32.2. The first-order valence-corrected chi connectivity index (χ1v) is 7.89. The minimum atomic E-state index is -3.83. The molecule has 0 bridgehead atoms. The summed E-state index contributed by atoms with van der Waals surface area (Å²) in [6.45, 7) is 1.38. The number of rotatable bonds is 5. The summed E-state index contributed by atoms with van der Waals surface area (Å²) in [6, 6.07) is 3.97. The molecule has 1 saturated heterocycles. The van der Waals surface area contributed by atoms with Crippen LogP contribution in [0.25, 0.3) is 0 Å². The van der Waals surface area contributed by atoms with Gasteiger partial charge in [-0.25, -0.2) is 12.8 Å². The summed E-state index contributed by atoms with van der Waals surface area (Å²) in [5, 5.41) is 2.89. The zero-order chi connectivity index (χ0) is 14.8. The van der Waals surface area contributed by atoms with E-state index in [1.165, 1.54) is 23.5 Å². The van der Waals surface area contributed by atoms with Crippen molar-refractivity contribution >= 4 is 10.0 Å². The smallest absolute Gasteiger partial charge is 0.246 e. The molecule has 0 radical (unpaired) electrons. The van der Waals surface area contributed by atoms with Crippen molar-refractivity contribution in [2.45, 2.75) is 23.9 Å². The first-order chi connectivity index (χ1) is 9.46. The molecule has 1 aromatic carbocycles. The molecule has 112 valence electrons. The van der Waals surface area contributed by atoms with Crippen molar-refractivity contribution in [2.75, 3.05) is 27.3 Å². The highest BCUT2D eigenvalue weighted by Crippen LogP contribution is 2.23. The maximum atomic E-state index is 14.1.